The molecule has 4 rings (SSSR count). The molecule has 47 heavy (non-hydrogen) atoms. The zero-order valence-electron chi connectivity index (χ0n) is 28.4. The van der Waals surface area contributed by atoms with Crippen LogP contribution in [0.15, 0.2) is 65.3 Å². The predicted octanol–water partition coefficient (Wildman–Crippen LogP) is 6.07. The molecule has 0 saturated carbocycles. The summed E-state index contributed by atoms with van der Waals surface area (Å²) in [6.45, 7) is 14.4. The van der Waals surface area contributed by atoms with Crippen LogP contribution in [0.2, 0.25) is 0 Å². The van der Waals surface area contributed by atoms with Gasteiger partial charge in [-0.1, -0.05) is 47.1 Å². The Labute approximate surface area is 277 Å². The number of aromatic hydroxyl groups is 1. The fraction of sp³-hybridized carbons (Fsp3) is 0.459. The van der Waals surface area contributed by atoms with E-state index in [4.69, 9.17) is 9.84 Å². The summed E-state index contributed by atoms with van der Waals surface area (Å²) < 4.78 is 4.78. The molecule has 0 radical (unpaired) electrons. The molecule has 1 fully saturated rings. The van der Waals surface area contributed by atoms with E-state index in [1.807, 2.05) is 38.1 Å². The molecule has 2 heterocycles. The SMILES string of the molecule is CC(C)=CCC/C(C)=C/CC/C(C)=C/CN1C(=O)c2cccc(C)c2Nc2c(O)cc(C)cc21.C[C@H]1O[C@H](C(=O)O)[C@@H](O)[C@H](O)[C@H]1O. The number of benzene rings is 2. The minimum atomic E-state index is -1.59. The zero-order chi connectivity index (χ0) is 35.0. The molecule has 2 aromatic carbocycles. The lowest BCUT2D eigenvalue weighted by Gasteiger charge is -2.37. The highest BCUT2D eigenvalue weighted by Gasteiger charge is 2.45. The average molecular weight is 651 g/mol. The molecule has 6 N–H and O–H groups in total. The second kappa shape index (κ2) is 16.7. The summed E-state index contributed by atoms with van der Waals surface area (Å²) in [5.41, 5.74) is 8.58. The van der Waals surface area contributed by atoms with Crippen LogP contribution in [-0.4, -0.2) is 74.5 Å². The number of nitrogens with one attached hydrogen (secondary N) is 1. The maximum absolute atomic E-state index is 13.6. The van der Waals surface area contributed by atoms with Gasteiger partial charge in [0.05, 0.1) is 23.0 Å². The van der Waals surface area contributed by atoms with Crippen LogP contribution in [0.1, 0.15) is 81.8 Å². The van der Waals surface area contributed by atoms with Crippen molar-refractivity contribution in [3.05, 3.63) is 82.0 Å². The number of phenolic OH excluding ortho intramolecular Hbond substituents is 1. The van der Waals surface area contributed by atoms with Crippen LogP contribution in [0.3, 0.4) is 0 Å². The molecule has 0 aliphatic carbocycles. The number of aryl methyl sites for hydroxylation is 2. The number of aliphatic hydroxyl groups is 3. The zero-order valence-corrected chi connectivity index (χ0v) is 28.4. The molecule has 1 saturated heterocycles. The Hall–Kier alpha value is -3.96. The normalized spacial score (nSPS) is 22.6. The number of aliphatic hydroxyl groups excluding tert-OH is 3. The van der Waals surface area contributed by atoms with E-state index < -0.39 is 36.5 Å². The predicted molar refractivity (Wildman–Crippen MR) is 184 cm³/mol. The van der Waals surface area contributed by atoms with Crippen molar-refractivity contribution in [2.75, 3.05) is 16.8 Å². The second-order valence-corrected chi connectivity index (χ2v) is 12.7. The first-order valence-electron chi connectivity index (χ1n) is 16.0. The van der Waals surface area contributed by atoms with Crippen molar-refractivity contribution >= 4 is 28.9 Å². The van der Waals surface area contributed by atoms with Gasteiger partial charge in [-0.2, -0.15) is 0 Å². The number of ether oxygens (including phenoxy) is 1. The number of carboxylic acid groups (broad SMARTS) is 1. The molecule has 2 aliphatic rings. The summed E-state index contributed by atoms with van der Waals surface area (Å²) in [5, 5.41) is 50.1. The third-order valence-electron chi connectivity index (χ3n) is 8.37. The fourth-order valence-corrected chi connectivity index (χ4v) is 5.50. The standard InChI is InChI=1S/C30H38N2O2.C7H12O6/c1-20(2)10-7-11-21(3)12-8-13-22(4)16-17-32-26-18-23(5)19-27(33)29(26)31-28-24(6)14-9-15-25(28)30(32)34;1-2-3(8)4(9)5(10)6(13-2)7(11)12/h9-10,12,14-16,18-19,31,33H,7-8,11,13,17H2,1-6H3;2-6,8-10H,1H3,(H,11,12)/b21-12+,22-16+;/t;2-,3+,4-,5+,6+/m.1/s1. The Morgan fingerprint density at radius 2 is 1.55 bits per heavy atom. The van der Waals surface area contributed by atoms with Gasteiger partial charge in [-0.15, -0.1) is 0 Å². The second-order valence-electron chi connectivity index (χ2n) is 12.7. The lowest BCUT2D eigenvalue weighted by atomic mass is 9.96. The average Bonchev–Trinajstić information content (AvgIpc) is 3.11. The lowest BCUT2D eigenvalue weighted by Crippen LogP contribution is -2.58. The van der Waals surface area contributed by atoms with Gasteiger partial charge in [-0.25, -0.2) is 4.79 Å². The first-order valence-corrected chi connectivity index (χ1v) is 16.0. The summed E-state index contributed by atoms with van der Waals surface area (Å²) in [6.07, 6.45) is 4.28. The van der Waals surface area contributed by atoms with Crippen molar-refractivity contribution in [2.24, 2.45) is 0 Å². The molecular formula is C37H50N2O8. The van der Waals surface area contributed by atoms with Crippen molar-refractivity contribution in [3.63, 3.8) is 0 Å². The Kier molecular flexibility index (Phi) is 13.4. The van der Waals surface area contributed by atoms with Gasteiger partial charge in [0.25, 0.3) is 5.91 Å². The Morgan fingerprint density at radius 1 is 0.915 bits per heavy atom. The van der Waals surface area contributed by atoms with E-state index >= 15 is 0 Å². The molecule has 10 heteroatoms. The highest BCUT2D eigenvalue weighted by Crippen LogP contribution is 2.43. The number of para-hydroxylation sites is 1. The first-order chi connectivity index (χ1) is 22.1. The van der Waals surface area contributed by atoms with Crippen LogP contribution in [0.4, 0.5) is 17.1 Å². The summed E-state index contributed by atoms with van der Waals surface area (Å²) in [6, 6.07) is 9.41. The van der Waals surface area contributed by atoms with Crippen molar-refractivity contribution in [1.29, 1.82) is 0 Å². The minimum absolute atomic E-state index is 0.0611. The van der Waals surface area contributed by atoms with E-state index in [0.29, 0.717) is 23.5 Å². The summed E-state index contributed by atoms with van der Waals surface area (Å²) in [4.78, 5) is 25.9. The highest BCUT2D eigenvalue weighted by molar-refractivity contribution is 6.14. The number of amides is 1. The minimum Gasteiger partial charge on any atom is -0.506 e. The van der Waals surface area contributed by atoms with Crippen LogP contribution in [0.5, 0.6) is 5.75 Å². The summed E-state index contributed by atoms with van der Waals surface area (Å²) in [7, 11) is 0. The topological polar surface area (TPSA) is 160 Å². The number of fused-ring (bicyclic) bond motifs is 2. The molecule has 2 aromatic rings. The van der Waals surface area contributed by atoms with E-state index in [1.165, 1.54) is 23.6 Å². The van der Waals surface area contributed by atoms with E-state index in [0.717, 1.165) is 42.5 Å². The quantitative estimate of drug-likeness (QED) is 0.140. The largest absolute Gasteiger partial charge is 0.506 e. The van der Waals surface area contributed by atoms with Crippen LogP contribution in [0, 0.1) is 13.8 Å². The van der Waals surface area contributed by atoms with Crippen LogP contribution in [-0.2, 0) is 9.53 Å². The Balaban J connectivity index is 0.000000386. The van der Waals surface area contributed by atoms with Gasteiger partial charge in [0.1, 0.15) is 29.7 Å². The molecule has 2 aliphatic heterocycles. The van der Waals surface area contributed by atoms with E-state index in [2.05, 4.69) is 51.2 Å². The van der Waals surface area contributed by atoms with Crippen molar-refractivity contribution in [2.45, 2.75) is 105 Å². The van der Waals surface area contributed by atoms with Gasteiger partial charge in [0.15, 0.2) is 6.10 Å². The molecule has 0 spiro atoms. The van der Waals surface area contributed by atoms with Crippen molar-refractivity contribution in [3.8, 4) is 5.75 Å². The van der Waals surface area contributed by atoms with Gasteiger partial charge in [-0.3, -0.25) is 4.79 Å². The van der Waals surface area contributed by atoms with Gasteiger partial charge in [0.2, 0.25) is 0 Å². The molecule has 10 nitrogen and oxygen atoms in total. The lowest BCUT2D eigenvalue weighted by molar-refractivity contribution is -0.223. The molecule has 256 valence electrons. The van der Waals surface area contributed by atoms with Crippen molar-refractivity contribution < 1.29 is 39.9 Å². The number of allylic oxidation sites excluding steroid dienone is 5. The molecular weight excluding hydrogens is 600 g/mol. The number of rotatable bonds is 9. The fourth-order valence-electron chi connectivity index (χ4n) is 5.50. The van der Waals surface area contributed by atoms with E-state index in [-0.39, 0.29) is 11.7 Å². The smallest absolute Gasteiger partial charge is 0.335 e. The molecule has 5 atom stereocenters. The number of anilines is 3. The van der Waals surface area contributed by atoms with Gasteiger partial charge in [-0.05, 0) is 103 Å². The maximum atomic E-state index is 13.6. The number of phenols is 1. The summed E-state index contributed by atoms with van der Waals surface area (Å²) >= 11 is 0. The monoisotopic (exact) mass is 650 g/mol. The molecule has 0 bridgehead atoms. The number of hydrogen-bond acceptors (Lipinski definition) is 8. The number of carbonyl (C=O) groups is 2. The van der Waals surface area contributed by atoms with E-state index in [1.54, 1.807) is 11.0 Å². The number of hydrogen-bond donors (Lipinski definition) is 6. The van der Waals surface area contributed by atoms with Crippen LogP contribution >= 0.6 is 0 Å². The third kappa shape index (κ3) is 9.77. The number of carbonyl (C=O) groups excluding carboxylic acids is 1. The Bertz CT molecular complexity index is 1520. The first kappa shape index (κ1) is 37.5. The molecule has 1 amide bonds. The van der Waals surface area contributed by atoms with Gasteiger partial charge >= 0.3 is 5.97 Å². The van der Waals surface area contributed by atoms with Gasteiger partial charge < -0.3 is 40.5 Å². The maximum Gasteiger partial charge on any atom is 0.335 e. The van der Waals surface area contributed by atoms with Crippen LogP contribution < -0.4 is 10.2 Å². The summed E-state index contributed by atoms with van der Waals surface area (Å²) in [5.74, 6) is -1.27. The number of carboxylic acids is 1. The van der Waals surface area contributed by atoms with Crippen molar-refractivity contribution in [1.82, 2.24) is 0 Å². The number of nitrogens with zero attached hydrogens (tertiary/aromatic N) is 1. The van der Waals surface area contributed by atoms with E-state index in [9.17, 15) is 30.0 Å². The number of aliphatic carboxylic acids is 1. The molecule has 0 aromatic heterocycles. The third-order valence-corrected chi connectivity index (χ3v) is 8.37. The van der Waals surface area contributed by atoms with Gasteiger partial charge in [0, 0.05) is 6.54 Å². The van der Waals surface area contributed by atoms with Crippen LogP contribution in [0.25, 0.3) is 0 Å². The molecule has 0 unspecified atom stereocenters. The Morgan fingerprint density at radius 3 is 2.19 bits per heavy atom. The highest BCUT2D eigenvalue weighted by atomic mass is 16.6.